The molecule has 1 aromatic carbocycles. The van der Waals surface area contributed by atoms with Crippen molar-refractivity contribution < 1.29 is 9.53 Å². The van der Waals surface area contributed by atoms with E-state index in [-0.39, 0.29) is 6.61 Å². The van der Waals surface area contributed by atoms with Crippen molar-refractivity contribution in [3.63, 3.8) is 0 Å². The van der Waals surface area contributed by atoms with Crippen LogP contribution in [0.1, 0.15) is 25.0 Å². The molecule has 0 saturated carbocycles. The quantitative estimate of drug-likeness (QED) is 0.800. The lowest BCUT2D eigenvalue weighted by molar-refractivity contribution is -0.147. The molecular formula is C17H17NO2S. The molecule has 2 rings (SSSR count). The van der Waals surface area contributed by atoms with Crippen molar-refractivity contribution in [1.82, 2.24) is 0 Å². The number of rotatable bonds is 4. The molecule has 1 atom stereocenters. The van der Waals surface area contributed by atoms with Gasteiger partial charge in [-0.05, 0) is 48.9 Å². The standard InChI is InChI=1S/C17H17NO2S/c1-4-20-16(19)17(3,11-18)14-7-5-13(6-8-14)15-12(2)9-10-21-15/h5-10H,4H2,1-3H3/i3+2. The fourth-order valence-electron chi connectivity index (χ4n) is 2.13. The van der Waals surface area contributed by atoms with Crippen molar-refractivity contribution in [3.05, 3.63) is 46.8 Å². The van der Waals surface area contributed by atoms with E-state index in [2.05, 4.69) is 24.4 Å². The predicted octanol–water partition coefficient (Wildman–Crippen LogP) is 4.07. The highest BCUT2D eigenvalue weighted by atomic mass is 32.1. The number of hydrogen-bond donors (Lipinski definition) is 0. The average molecular weight is 301 g/mol. The van der Waals surface area contributed by atoms with Crippen molar-refractivity contribution in [2.75, 3.05) is 6.61 Å². The van der Waals surface area contributed by atoms with Gasteiger partial charge in [-0.15, -0.1) is 11.3 Å². The van der Waals surface area contributed by atoms with Crippen LogP contribution in [0.4, 0.5) is 0 Å². The van der Waals surface area contributed by atoms with Crippen LogP contribution in [0.3, 0.4) is 0 Å². The summed E-state index contributed by atoms with van der Waals surface area (Å²) in [4.78, 5) is 13.2. The number of ether oxygens (including phenoxy) is 1. The Morgan fingerprint density at radius 1 is 1.38 bits per heavy atom. The molecule has 0 fully saturated rings. The first-order valence-corrected chi connectivity index (χ1v) is 7.64. The Kier molecular flexibility index (Phi) is 4.44. The Morgan fingerprint density at radius 3 is 2.52 bits per heavy atom. The van der Waals surface area contributed by atoms with Crippen molar-refractivity contribution in [3.8, 4) is 16.5 Å². The summed E-state index contributed by atoms with van der Waals surface area (Å²) in [6.07, 6.45) is 0. The number of carbonyl (C=O) groups excluding carboxylic acids is 1. The molecule has 0 aliphatic rings. The summed E-state index contributed by atoms with van der Waals surface area (Å²) in [6.45, 7) is 5.66. The number of carbonyl (C=O) groups is 1. The summed E-state index contributed by atoms with van der Waals surface area (Å²) in [5, 5.41) is 11.4. The molecule has 0 aliphatic carbocycles. The van der Waals surface area contributed by atoms with Crippen molar-refractivity contribution in [2.45, 2.75) is 26.2 Å². The van der Waals surface area contributed by atoms with E-state index in [0.29, 0.717) is 5.56 Å². The molecule has 0 bridgehead atoms. The smallest absolute Gasteiger partial charge is 0.330 e. The number of hydrogen-bond acceptors (Lipinski definition) is 4. The molecule has 0 radical (unpaired) electrons. The summed E-state index contributed by atoms with van der Waals surface area (Å²) in [5.74, 6) is -0.507. The Balaban J connectivity index is 2.36. The zero-order valence-corrected chi connectivity index (χ0v) is 13.2. The van der Waals surface area contributed by atoms with Gasteiger partial charge in [0.1, 0.15) is 0 Å². The van der Waals surface area contributed by atoms with Gasteiger partial charge in [0.2, 0.25) is 0 Å². The minimum absolute atomic E-state index is 0.266. The third-order valence-corrected chi connectivity index (χ3v) is 4.56. The molecule has 108 valence electrons. The van der Waals surface area contributed by atoms with Crippen LogP contribution >= 0.6 is 11.3 Å². The lowest BCUT2D eigenvalue weighted by atomic mass is 9.91. The molecule has 1 aromatic heterocycles. The van der Waals surface area contributed by atoms with Crippen molar-refractivity contribution in [2.24, 2.45) is 0 Å². The van der Waals surface area contributed by atoms with Crippen LogP contribution in [0, 0.1) is 18.3 Å². The maximum Gasteiger partial charge on any atom is 0.330 e. The molecule has 0 aliphatic heterocycles. The molecule has 0 amide bonds. The predicted molar refractivity (Wildman–Crippen MR) is 84.1 cm³/mol. The van der Waals surface area contributed by atoms with E-state index in [1.54, 1.807) is 25.2 Å². The molecule has 2 aromatic rings. The molecular weight excluding hydrogens is 284 g/mol. The summed E-state index contributed by atoms with van der Waals surface area (Å²) in [5.41, 5.74) is 1.71. The van der Waals surface area contributed by atoms with E-state index >= 15 is 0 Å². The highest BCUT2D eigenvalue weighted by Crippen LogP contribution is 2.31. The summed E-state index contributed by atoms with van der Waals surface area (Å²) in [6, 6.07) is 11.7. The fourth-order valence-corrected chi connectivity index (χ4v) is 3.06. The second kappa shape index (κ2) is 6.11. The first-order valence-electron chi connectivity index (χ1n) is 6.76. The maximum atomic E-state index is 12.0. The van der Waals surface area contributed by atoms with Crippen LogP contribution in [0.25, 0.3) is 10.4 Å². The normalized spacial score (nSPS) is 13.2. The number of esters is 1. The Bertz CT molecular complexity index is 682. The molecule has 21 heavy (non-hydrogen) atoms. The molecule has 1 heterocycles. The molecule has 1 unspecified atom stereocenters. The number of nitrogens with zero attached hydrogens (tertiary/aromatic N) is 1. The summed E-state index contributed by atoms with van der Waals surface area (Å²) < 4.78 is 5.01. The highest BCUT2D eigenvalue weighted by molar-refractivity contribution is 7.13. The molecule has 0 spiro atoms. The number of aryl methyl sites for hydroxylation is 1. The van der Waals surface area contributed by atoms with E-state index in [0.717, 1.165) is 5.56 Å². The minimum atomic E-state index is -1.26. The lowest BCUT2D eigenvalue weighted by Gasteiger charge is -2.20. The Morgan fingerprint density at radius 2 is 2.05 bits per heavy atom. The molecule has 4 heteroatoms. The maximum absolute atomic E-state index is 12.0. The molecule has 3 nitrogen and oxygen atoms in total. The monoisotopic (exact) mass is 301 g/mol. The van der Waals surface area contributed by atoms with Crippen LogP contribution in [-0.2, 0) is 14.9 Å². The molecule has 0 N–H and O–H groups in total. The number of benzene rings is 1. The van der Waals surface area contributed by atoms with Gasteiger partial charge >= 0.3 is 5.97 Å². The first kappa shape index (κ1) is 15.3. The van der Waals surface area contributed by atoms with Crippen LogP contribution in [0.2, 0.25) is 0 Å². The topological polar surface area (TPSA) is 50.1 Å². The average Bonchev–Trinajstić information content (AvgIpc) is 2.93. The summed E-state index contributed by atoms with van der Waals surface area (Å²) >= 11 is 1.68. The van der Waals surface area contributed by atoms with Gasteiger partial charge in [0.25, 0.3) is 0 Å². The van der Waals surface area contributed by atoms with Gasteiger partial charge in [-0.2, -0.15) is 5.26 Å². The van der Waals surface area contributed by atoms with Gasteiger partial charge in [-0.1, -0.05) is 24.3 Å². The second-order valence-corrected chi connectivity index (χ2v) is 5.88. The lowest BCUT2D eigenvalue weighted by Crippen LogP contribution is -2.32. The summed E-state index contributed by atoms with van der Waals surface area (Å²) in [7, 11) is 0. The zero-order chi connectivity index (χ0) is 15.5. The van der Waals surface area contributed by atoms with Gasteiger partial charge in [0, 0.05) is 4.88 Å². The third kappa shape index (κ3) is 2.84. The second-order valence-electron chi connectivity index (χ2n) is 4.97. The SMILES string of the molecule is CCOC(=O)C([14CH3])(C#N)c1ccc(-c2sccc2C)cc1. The number of nitriles is 1. The van der Waals surface area contributed by atoms with E-state index < -0.39 is 11.4 Å². The van der Waals surface area contributed by atoms with Crippen molar-refractivity contribution in [1.29, 1.82) is 5.26 Å². The fraction of sp³-hybridized carbons (Fsp3) is 0.294. The van der Waals surface area contributed by atoms with Crippen LogP contribution in [0.15, 0.2) is 35.7 Å². The molecule has 0 saturated heterocycles. The van der Waals surface area contributed by atoms with Gasteiger partial charge < -0.3 is 4.74 Å². The van der Waals surface area contributed by atoms with E-state index in [1.807, 2.05) is 24.3 Å². The van der Waals surface area contributed by atoms with E-state index in [1.165, 1.54) is 10.4 Å². The largest absolute Gasteiger partial charge is 0.465 e. The zero-order valence-electron chi connectivity index (χ0n) is 12.3. The van der Waals surface area contributed by atoms with Gasteiger partial charge in [-0.25, -0.2) is 4.79 Å². The Hall–Kier alpha value is -2.12. The van der Waals surface area contributed by atoms with Crippen LogP contribution in [-0.4, -0.2) is 12.6 Å². The van der Waals surface area contributed by atoms with Gasteiger partial charge in [0.05, 0.1) is 12.7 Å². The van der Waals surface area contributed by atoms with Crippen molar-refractivity contribution >= 4 is 17.3 Å². The van der Waals surface area contributed by atoms with Gasteiger partial charge in [0.15, 0.2) is 5.41 Å². The van der Waals surface area contributed by atoms with Gasteiger partial charge in [-0.3, -0.25) is 0 Å². The van der Waals surface area contributed by atoms with E-state index in [9.17, 15) is 10.1 Å². The minimum Gasteiger partial charge on any atom is -0.465 e. The highest BCUT2D eigenvalue weighted by Gasteiger charge is 2.37. The van der Waals surface area contributed by atoms with Crippen LogP contribution in [0.5, 0.6) is 0 Å². The number of thiophene rings is 1. The van der Waals surface area contributed by atoms with E-state index in [4.69, 9.17) is 4.74 Å². The Labute approximate surface area is 128 Å². The third-order valence-electron chi connectivity index (χ3n) is 3.49. The first-order chi connectivity index (χ1) is 10.0. The van der Waals surface area contributed by atoms with Crippen LogP contribution < -0.4 is 0 Å².